The Hall–Kier alpha value is -3.96. The second kappa shape index (κ2) is 12.9. The van der Waals surface area contributed by atoms with Crippen molar-refractivity contribution >= 4 is 25.1 Å². The van der Waals surface area contributed by atoms with Crippen LogP contribution in [0.1, 0.15) is 5.56 Å². The Balaban J connectivity index is 0.000000748. The maximum absolute atomic E-state index is 12.4. The highest BCUT2D eigenvalue weighted by Gasteiger charge is 2.31. The standard InChI is InChI=1S/C23H24F3N7O4.H3O4P/c24-23(25,26)37-19-4-2-18(3-5-19)30-7-9-31(10-8-30)20-6-1-16(12-28-20)11-27-17-13-32-14-21(33(34)35)29-22(32)36-15-17;1-5(2,3)4/h1-6,12,14,17,27H,7-11,13,15H2;(H3,1,2,3,4). The highest BCUT2D eigenvalue weighted by Crippen LogP contribution is 2.27. The normalized spacial score (nSPS) is 17.0. The van der Waals surface area contributed by atoms with Gasteiger partial charge < -0.3 is 49.4 Å². The molecule has 1 atom stereocenters. The van der Waals surface area contributed by atoms with E-state index in [-0.39, 0.29) is 23.6 Å². The topological polar surface area (TPSA) is 189 Å². The zero-order valence-corrected chi connectivity index (χ0v) is 22.7. The fraction of sp³-hybridized carbons (Fsp3) is 0.391. The number of phosphoric acid groups is 1. The number of nitrogens with one attached hydrogen (secondary N) is 1. The van der Waals surface area contributed by atoms with Crippen molar-refractivity contribution in [3.8, 4) is 11.8 Å². The molecule has 2 aliphatic rings. The van der Waals surface area contributed by atoms with Gasteiger partial charge in [0.1, 0.15) is 24.4 Å². The number of hydrogen-bond acceptors (Lipinski definition) is 10. The molecule has 0 spiro atoms. The molecule has 1 saturated heterocycles. The first-order valence-electron chi connectivity index (χ1n) is 12.4. The van der Waals surface area contributed by atoms with Gasteiger partial charge in [0, 0.05) is 56.1 Å². The van der Waals surface area contributed by atoms with E-state index in [0.717, 1.165) is 30.2 Å². The third-order valence-electron chi connectivity index (χ3n) is 6.19. The van der Waals surface area contributed by atoms with Crippen LogP contribution in [0.15, 0.2) is 48.8 Å². The quantitative estimate of drug-likeness (QED) is 0.171. The van der Waals surface area contributed by atoms with Gasteiger partial charge in [-0.1, -0.05) is 6.07 Å². The van der Waals surface area contributed by atoms with Gasteiger partial charge in [0.15, 0.2) is 0 Å². The van der Waals surface area contributed by atoms with E-state index in [0.29, 0.717) is 32.8 Å². The number of rotatable bonds is 7. The lowest BCUT2D eigenvalue weighted by Gasteiger charge is -2.36. The first-order valence-corrected chi connectivity index (χ1v) is 14.0. The number of imidazole rings is 1. The highest BCUT2D eigenvalue weighted by atomic mass is 31.2. The van der Waals surface area contributed by atoms with Gasteiger partial charge in [-0.25, -0.2) is 9.55 Å². The molecule has 228 valence electrons. The number of alkyl halides is 3. The molecule has 0 radical (unpaired) electrons. The van der Waals surface area contributed by atoms with Gasteiger partial charge in [0.05, 0.1) is 6.04 Å². The van der Waals surface area contributed by atoms with Gasteiger partial charge in [-0.15, -0.1) is 13.2 Å². The second-order valence-electron chi connectivity index (χ2n) is 9.23. The van der Waals surface area contributed by atoms with Crippen molar-refractivity contribution in [1.82, 2.24) is 19.9 Å². The Labute approximate surface area is 236 Å². The Kier molecular flexibility index (Phi) is 9.53. The Morgan fingerprint density at radius 1 is 1.10 bits per heavy atom. The van der Waals surface area contributed by atoms with Crippen molar-refractivity contribution in [1.29, 1.82) is 0 Å². The van der Waals surface area contributed by atoms with Crippen LogP contribution in [0.25, 0.3) is 0 Å². The summed E-state index contributed by atoms with van der Waals surface area (Å²) in [5, 5.41) is 14.3. The van der Waals surface area contributed by atoms with E-state index in [9.17, 15) is 23.3 Å². The lowest BCUT2D eigenvalue weighted by molar-refractivity contribution is -0.389. The number of ether oxygens (including phenoxy) is 2. The summed E-state index contributed by atoms with van der Waals surface area (Å²) in [5.41, 5.74) is 1.83. The molecular formula is C23H27F3N7O8P. The molecule has 0 amide bonds. The summed E-state index contributed by atoms with van der Waals surface area (Å²) in [6.45, 7) is 4.32. The first-order chi connectivity index (χ1) is 19.7. The van der Waals surface area contributed by atoms with Crippen LogP contribution < -0.4 is 24.6 Å². The van der Waals surface area contributed by atoms with Crippen molar-refractivity contribution in [2.75, 3.05) is 42.6 Å². The van der Waals surface area contributed by atoms with E-state index in [1.54, 1.807) is 16.7 Å². The number of hydrogen-bond donors (Lipinski definition) is 4. The van der Waals surface area contributed by atoms with Crippen LogP contribution in [0.4, 0.5) is 30.5 Å². The number of fused-ring (bicyclic) bond motifs is 1. The lowest BCUT2D eigenvalue weighted by Crippen LogP contribution is -2.46. The minimum Gasteiger partial charge on any atom is -0.444 e. The zero-order chi connectivity index (χ0) is 30.5. The number of pyridine rings is 1. The summed E-state index contributed by atoms with van der Waals surface area (Å²) in [5.74, 6) is 0.388. The predicted octanol–water partition coefficient (Wildman–Crippen LogP) is 2.03. The number of halogens is 3. The fourth-order valence-corrected chi connectivity index (χ4v) is 4.33. The van der Waals surface area contributed by atoms with Crippen molar-refractivity contribution < 1.29 is 46.8 Å². The van der Waals surface area contributed by atoms with Crippen LogP contribution >= 0.6 is 7.82 Å². The molecule has 1 fully saturated rings. The van der Waals surface area contributed by atoms with Crippen molar-refractivity contribution in [3.63, 3.8) is 0 Å². The number of nitrogens with zero attached hydrogens (tertiary/aromatic N) is 6. The molecule has 1 aromatic carbocycles. The van der Waals surface area contributed by atoms with Gasteiger partial charge in [0.25, 0.3) is 0 Å². The third kappa shape index (κ3) is 9.28. The summed E-state index contributed by atoms with van der Waals surface area (Å²) in [6.07, 6.45) is -1.52. The molecule has 15 nitrogen and oxygen atoms in total. The number of piperazine rings is 1. The first kappa shape index (κ1) is 31.0. The molecule has 4 heterocycles. The van der Waals surface area contributed by atoms with Crippen LogP contribution in [0.3, 0.4) is 0 Å². The van der Waals surface area contributed by atoms with Crippen LogP contribution in [0, 0.1) is 10.1 Å². The Morgan fingerprint density at radius 2 is 1.74 bits per heavy atom. The van der Waals surface area contributed by atoms with Crippen molar-refractivity contribution in [2.24, 2.45) is 0 Å². The molecular weight excluding hydrogens is 590 g/mol. The number of benzene rings is 1. The maximum Gasteiger partial charge on any atom is 0.573 e. The average molecular weight is 617 g/mol. The van der Waals surface area contributed by atoms with E-state index in [4.69, 9.17) is 24.0 Å². The minimum atomic E-state index is -4.70. The molecule has 0 bridgehead atoms. The fourth-order valence-electron chi connectivity index (χ4n) is 4.33. The molecule has 2 aliphatic heterocycles. The molecule has 19 heteroatoms. The minimum absolute atomic E-state index is 0.0249. The lowest BCUT2D eigenvalue weighted by atomic mass is 10.2. The Bertz CT molecular complexity index is 1390. The molecule has 0 aliphatic carbocycles. The SMILES string of the molecule is O=P(O)(O)O.O=[N+]([O-])c1cn2c(n1)OCC(NCc1ccc(N3CCN(c4ccc(OC(F)(F)F)cc4)CC3)nc1)C2. The molecule has 0 saturated carbocycles. The number of nitro groups is 1. The summed E-state index contributed by atoms with van der Waals surface area (Å²) in [7, 11) is -4.64. The monoisotopic (exact) mass is 617 g/mol. The van der Waals surface area contributed by atoms with Gasteiger partial charge >= 0.3 is 26.0 Å². The second-order valence-corrected chi connectivity index (χ2v) is 10.3. The summed E-state index contributed by atoms with van der Waals surface area (Å²) in [4.78, 5) is 44.6. The maximum atomic E-state index is 12.4. The van der Waals surface area contributed by atoms with Crippen molar-refractivity contribution in [3.05, 3.63) is 64.5 Å². The summed E-state index contributed by atoms with van der Waals surface area (Å²) < 4.78 is 57.0. The number of anilines is 2. The van der Waals surface area contributed by atoms with E-state index in [2.05, 4.69) is 29.8 Å². The Morgan fingerprint density at radius 3 is 2.31 bits per heavy atom. The van der Waals surface area contributed by atoms with E-state index >= 15 is 0 Å². The molecule has 1 unspecified atom stereocenters. The van der Waals surface area contributed by atoms with E-state index in [1.165, 1.54) is 18.3 Å². The molecule has 3 aromatic rings. The van der Waals surface area contributed by atoms with Gasteiger partial charge in [-0.05, 0) is 40.8 Å². The summed E-state index contributed by atoms with van der Waals surface area (Å²) in [6, 6.07) is 10.1. The average Bonchev–Trinajstić information content (AvgIpc) is 3.35. The van der Waals surface area contributed by atoms with Crippen LogP contribution in [-0.2, 0) is 17.7 Å². The smallest absolute Gasteiger partial charge is 0.444 e. The molecule has 5 rings (SSSR count). The molecule has 4 N–H and O–H groups in total. The largest absolute Gasteiger partial charge is 0.573 e. The third-order valence-corrected chi connectivity index (χ3v) is 6.19. The van der Waals surface area contributed by atoms with Gasteiger partial charge in [0.2, 0.25) is 0 Å². The summed E-state index contributed by atoms with van der Waals surface area (Å²) >= 11 is 0. The predicted molar refractivity (Wildman–Crippen MR) is 141 cm³/mol. The van der Waals surface area contributed by atoms with E-state index < -0.39 is 19.1 Å². The van der Waals surface area contributed by atoms with Crippen LogP contribution in [0.2, 0.25) is 0 Å². The van der Waals surface area contributed by atoms with Crippen LogP contribution in [-0.4, -0.2) is 79.3 Å². The molecule has 2 aromatic heterocycles. The van der Waals surface area contributed by atoms with E-state index in [1.807, 2.05) is 18.3 Å². The van der Waals surface area contributed by atoms with Crippen LogP contribution in [0.5, 0.6) is 11.8 Å². The number of aromatic nitrogens is 3. The van der Waals surface area contributed by atoms with Crippen molar-refractivity contribution in [2.45, 2.75) is 25.5 Å². The van der Waals surface area contributed by atoms with Gasteiger partial charge in [-0.2, -0.15) is 0 Å². The molecule has 42 heavy (non-hydrogen) atoms. The zero-order valence-electron chi connectivity index (χ0n) is 21.8. The highest BCUT2D eigenvalue weighted by molar-refractivity contribution is 7.45. The van der Waals surface area contributed by atoms with Gasteiger partial charge in [-0.3, -0.25) is 4.57 Å².